The number of nitrogens with zero attached hydrogens (tertiary/aromatic N) is 2. The van der Waals surface area contributed by atoms with Crippen molar-refractivity contribution in [1.29, 1.82) is 0 Å². The Morgan fingerprint density at radius 1 is 1.11 bits per heavy atom. The number of rotatable bonds is 4. The van der Waals surface area contributed by atoms with Crippen LogP contribution in [-0.4, -0.2) is 49.5 Å². The third-order valence-corrected chi connectivity index (χ3v) is 6.40. The largest absolute Gasteiger partial charge is 0.303 e. The first-order valence-electron chi connectivity index (χ1n) is 7.24. The van der Waals surface area contributed by atoms with Crippen LogP contribution in [0, 0.1) is 5.92 Å². The minimum atomic E-state index is -3.40. The predicted molar refractivity (Wildman–Crippen MR) is 73.9 cm³/mol. The van der Waals surface area contributed by atoms with Gasteiger partial charge in [0.05, 0.1) is 0 Å². The van der Waals surface area contributed by atoms with Crippen molar-refractivity contribution >= 4 is 16.5 Å². The van der Waals surface area contributed by atoms with E-state index in [1.807, 2.05) is 0 Å². The molecule has 0 radical (unpaired) electrons. The van der Waals surface area contributed by atoms with Gasteiger partial charge in [0, 0.05) is 32.1 Å². The minimum Gasteiger partial charge on any atom is -0.303 e. The van der Waals surface area contributed by atoms with Crippen LogP contribution in [0.3, 0.4) is 0 Å². The smallest absolute Gasteiger partial charge is 0.281 e. The normalized spacial score (nSPS) is 27.6. The molecule has 0 bridgehead atoms. The van der Waals surface area contributed by atoms with E-state index in [4.69, 9.17) is 0 Å². The first kappa shape index (κ1) is 14.9. The van der Waals surface area contributed by atoms with Crippen molar-refractivity contribution < 1.29 is 13.2 Å². The fourth-order valence-corrected chi connectivity index (χ4v) is 4.80. The maximum Gasteiger partial charge on any atom is 0.281 e. The molecule has 1 aliphatic heterocycles. The van der Waals surface area contributed by atoms with E-state index >= 15 is 0 Å². The van der Waals surface area contributed by atoms with Crippen LogP contribution in [0.4, 0.5) is 0 Å². The molecule has 1 heterocycles. The van der Waals surface area contributed by atoms with Gasteiger partial charge in [-0.1, -0.05) is 19.3 Å². The van der Waals surface area contributed by atoms with Crippen LogP contribution in [0.1, 0.15) is 44.9 Å². The van der Waals surface area contributed by atoms with Crippen molar-refractivity contribution in [3.63, 3.8) is 0 Å². The van der Waals surface area contributed by atoms with E-state index in [2.05, 4.69) is 0 Å². The Morgan fingerprint density at radius 3 is 2.42 bits per heavy atom. The topological polar surface area (TPSA) is 57.7 Å². The zero-order chi connectivity index (χ0) is 13.9. The Hall–Kier alpha value is -0.460. The monoisotopic (exact) mass is 288 g/mol. The Kier molecular flexibility index (Phi) is 4.97. The standard InChI is InChI=1S/C13H24N2O3S/c1-14(13-7-3-2-4-8-13)19(17,18)15-9-5-6-12(10-15)11-16/h11-13H,2-10H2,1H3. The summed E-state index contributed by atoms with van der Waals surface area (Å²) in [6, 6.07) is 0.135. The first-order chi connectivity index (χ1) is 9.05. The highest BCUT2D eigenvalue weighted by atomic mass is 32.2. The fraction of sp³-hybridized carbons (Fsp3) is 0.923. The second kappa shape index (κ2) is 6.33. The van der Waals surface area contributed by atoms with Gasteiger partial charge in [-0.2, -0.15) is 17.0 Å². The van der Waals surface area contributed by atoms with Gasteiger partial charge in [0.25, 0.3) is 10.2 Å². The number of carbonyl (C=O) groups excluding carboxylic acids is 1. The summed E-state index contributed by atoms with van der Waals surface area (Å²) in [5, 5.41) is 0. The lowest BCUT2D eigenvalue weighted by Gasteiger charge is -2.37. The average molecular weight is 288 g/mol. The molecule has 6 heteroatoms. The zero-order valence-electron chi connectivity index (χ0n) is 11.6. The lowest BCUT2D eigenvalue weighted by atomic mass is 9.96. The van der Waals surface area contributed by atoms with Crippen LogP contribution in [0.25, 0.3) is 0 Å². The highest BCUT2D eigenvalue weighted by Crippen LogP contribution is 2.26. The Bertz CT molecular complexity index is 404. The quantitative estimate of drug-likeness (QED) is 0.735. The Labute approximate surface area is 116 Å². The molecule has 1 unspecified atom stereocenters. The van der Waals surface area contributed by atoms with Gasteiger partial charge >= 0.3 is 0 Å². The van der Waals surface area contributed by atoms with E-state index in [9.17, 15) is 13.2 Å². The van der Waals surface area contributed by atoms with Crippen molar-refractivity contribution in [3.8, 4) is 0 Å². The molecule has 2 aliphatic rings. The highest BCUT2D eigenvalue weighted by molar-refractivity contribution is 7.86. The van der Waals surface area contributed by atoms with Crippen molar-refractivity contribution in [2.75, 3.05) is 20.1 Å². The van der Waals surface area contributed by atoms with Gasteiger partial charge in [0.2, 0.25) is 0 Å². The molecule has 2 rings (SSSR count). The Morgan fingerprint density at radius 2 is 1.79 bits per heavy atom. The van der Waals surface area contributed by atoms with Gasteiger partial charge in [0.15, 0.2) is 0 Å². The molecule has 1 atom stereocenters. The molecule has 1 aliphatic carbocycles. The second-order valence-corrected chi connectivity index (χ2v) is 7.70. The molecule has 2 fully saturated rings. The molecular formula is C13H24N2O3S. The maximum atomic E-state index is 12.6. The summed E-state index contributed by atoms with van der Waals surface area (Å²) in [7, 11) is -1.71. The van der Waals surface area contributed by atoms with Gasteiger partial charge in [-0.3, -0.25) is 0 Å². The third kappa shape index (κ3) is 3.35. The predicted octanol–water partition coefficient (Wildman–Crippen LogP) is 1.41. The molecule has 0 amide bonds. The molecule has 0 spiro atoms. The molecular weight excluding hydrogens is 264 g/mol. The van der Waals surface area contributed by atoms with Gasteiger partial charge in [0.1, 0.15) is 6.29 Å². The van der Waals surface area contributed by atoms with Crippen molar-refractivity contribution in [3.05, 3.63) is 0 Å². The maximum absolute atomic E-state index is 12.6. The average Bonchev–Trinajstić information content (AvgIpc) is 2.47. The second-order valence-electron chi connectivity index (χ2n) is 5.71. The van der Waals surface area contributed by atoms with Gasteiger partial charge in [-0.15, -0.1) is 0 Å². The fourth-order valence-electron chi connectivity index (χ4n) is 3.11. The number of hydrogen-bond acceptors (Lipinski definition) is 3. The van der Waals surface area contributed by atoms with Crippen LogP contribution in [0.2, 0.25) is 0 Å². The summed E-state index contributed by atoms with van der Waals surface area (Å²) in [6.07, 6.45) is 7.83. The van der Waals surface area contributed by atoms with Crippen LogP contribution in [-0.2, 0) is 15.0 Å². The summed E-state index contributed by atoms with van der Waals surface area (Å²) < 4.78 is 28.2. The third-order valence-electron chi connectivity index (χ3n) is 4.39. The molecule has 110 valence electrons. The molecule has 1 saturated heterocycles. The highest BCUT2D eigenvalue weighted by Gasteiger charge is 2.35. The van der Waals surface area contributed by atoms with Crippen LogP contribution in [0.15, 0.2) is 0 Å². The van der Waals surface area contributed by atoms with Crippen molar-refractivity contribution in [2.45, 2.75) is 51.0 Å². The zero-order valence-corrected chi connectivity index (χ0v) is 12.4. The molecule has 19 heavy (non-hydrogen) atoms. The van der Waals surface area contributed by atoms with E-state index < -0.39 is 10.2 Å². The van der Waals surface area contributed by atoms with Gasteiger partial charge in [-0.05, 0) is 25.7 Å². The number of carbonyl (C=O) groups is 1. The lowest BCUT2D eigenvalue weighted by molar-refractivity contribution is -0.112. The van der Waals surface area contributed by atoms with E-state index in [1.54, 1.807) is 11.4 Å². The van der Waals surface area contributed by atoms with E-state index in [-0.39, 0.29) is 12.0 Å². The number of hydrogen-bond donors (Lipinski definition) is 0. The van der Waals surface area contributed by atoms with E-state index in [0.29, 0.717) is 13.1 Å². The SMILES string of the molecule is CN(C1CCCCC1)S(=O)(=O)N1CCCC(C=O)C1. The molecule has 5 nitrogen and oxygen atoms in total. The summed E-state index contributed by atoms with van der Waals surface area (Å²) in [5.41, 5.74) is 0. The summed E-state index contributed by atoms with van der Waals surface area (Å²) in [6.45, 7) is 0.895. The molecule has 0 aromatic rings. The van der Waals surface area contributed by atoms with E-state index in [1.165, 1.54) is 10.7 Å². The number of aldehydes is 1. The summed E-state index contributed by atoms with van der Waals surface area (Å²) >= 11 is 0. The molecule has 0 N–H and O–H groups in total. The van der Waals surface area contributed by atoms with Gasteiger partial charge < -0.3 is 4.79 Å². The van der Waals surface area contributed by atoms with Crippen LogP contribution < -0.4 is 0 Å². The van der Waals surface area contributed by atoms with Crippen molar-refractivity contribution in [2.24, 2.45) is 5.92 Å². The van der Waals surface area contributed by atoms with E-state index in [0.717, 1.165) is 44.8 Å². The molecule has 1 saturated carbocycles. The molecule has 0 aromatic carbocycles. The van der Waals surface area contributed by atoms with Crippen LogP contribution >= 0.6 is 0 Å². The lowest BCUT2D eigenvalue weighted by Crippen LogP contribution is -2.50. The minimum absolute atomic E-state index is 0.135. The molecule has 0 aromatic heterocycles. The summed E-state index contributed by atoms with van der Waals surface area (Å²) in [5.74, 6) is -0.136. The summed E-state index contributed by atoms with van der Waals surface area (Å²) in [4.78, 5) is 10.9. The first-order valence-corrected chi connectivity index (χ1v) is 8.64. The Balaban J connectivity index is 2.05. The van der Waals surface area contributed by atoms with Crippen LogP contribution in [0.5, 0.6) is 0 Å². The van der Waals surface area contributed by atoms with Gasteiger partial charge in [-0.25, -0.2) is 0 Å². The van der Waals surface area contributed by atoms with Crippen molar-refractivity contribution in [1.82, 2.24) is 8.61 Å². The number of piperidine rings is 1.